The number of hydrogen-bond donors (Lipinski definition) is 0. The second kappa shape index (κ2) is 8.08. The minimum atomic E-state index is 0.102. The van der Waals surface area contributed by atoms with Crippen molar-refractivity contribution in [3.05, 3.63) is 83.2 Å². The van der Waals surface area contributed by atoms with Gasteiger partial charge in [-0.3, -0.25) is 9.78 Å². The summed E-state index contributed by atoms with van der Waals surface area (Å²) < 4.78 is 5.46. The third kappa shape index (κ3) is 3.88. The molecule has 0 aliphatic carbocycles. The highest BCUT2D eigenvalue weighted by molar-refractivity contribution is 5.95. The Labute approximate surface area is 172 Å². The number of carbonyl (C=O) groups excluding carboxylic acids is 1. The van der Waals surface area contributed by atoms with E-state index >= 15 is 0 Å². The summed E-state index contributed by atoms with van der Waals surface area (Å²) in [7, 11) is 1.70. The van der Waals surface area contributed by atoms with E-state index in [1.54, 1.807) is 13.3 Å². The molecule has 4 heteroatoms. The van der Waals surface area contributed by atoms with Gasteiger partial charge in [0, 0.05) is 37.0 Å². The van der Waals surface area contributed by atoms with Gasteiger partial charge < -0.3 is 9.64 Å². The number of likely N-dealkylation sites (tertiary alicyclic amines) is 1. The summed E-state index contributed by atoms with van der Waals surface area (Å²) in [5.74, 6) is 1.40. The number of ether oxygens (including phenoxy) is 1. The van der Waals surface area contributed by atoms with Crippen LogP contribution in [0.25, 0.3) is 11.1 Å². The molecule has 0 radical (unpaired) electrons. The van der Waals surface area contributed by atoms with E-state index in [0.29, 0.717) is 5.92 Å². The van der Waals surface area contributed by atoms with Gasteiger partial charge in [0.2, 0.25) is 0 Å². The fourth-order valence-electron chi connectivity index (χ4n) is 4.26. The molecule has 1 aromatic heterocycles. The van der Waals surface area contributed by atoms with Gasteiger partial charge in [0.25, 0.3) is 5.91 Å². The van der Waals surface area contributed by atoms with E-state index < -0.39 is 0 Å². The minimum Gasteiger partial charge on any atom is -0.496 e. The van der Waals surface area contributed by atoms with E-state index in [9.17, 15) is 4.79 Å². The van der Waals surface area contributed by atoms with Gasteiger partial charge in [-0.15, -0.1) is 0 Å². The van der Waals surface area contributed by atoms with Crippen molar-refractivity contribution in [2.45, 2.75) is 26.2 Å². The summed E-state index contributed by atoms with van der Waals surface area (Å²) in [6.07, 6.45) is 4.68. The lowest BCUT2D eigenvalue weighted by atomic mass is 9.98. The Morgan fingerprint density at radius 1 is 1.07 bits per heavy atom. The second-order valence-corrected chi connectivity index (χ2v) is 7.74. The number of rotatable bonds is 4. The number of amides is 1. The summed E-state index contributed by atoms with van der Waals surface area (Å²) in [5.41, 5.74) is 6.41. The summed E-state index contributed by atoms with van der Waals surface area (Å²) >= 11 is 0. The van der Waals surface area contributed by atoms with Crippen LogP contribution in [0.4, 0.5) is 0 Å². The predicted octanol–water partition coefficient (Wildman–Crippen LogP) is 5.00. The van der Waals surface area contributed by atoms with E-state index in [1.807, 2.05) is 41.4 Å². The number of pyridine rings is 1. The summed E-state index contributed by atoms with van der Waals surface area (Å²) in [6, 6.07) is 16.2. The number of aromatic nitrogens is 1. The molecule has 1 atom stereocenters. The van der Waals surface area contributed by atoms with Crippen LogP contribution in [0.3, 0.4) is 0 Å². The summed E-state index contributed by atoms with van der Waals surface area (Å²) in [6.45, 7) is 5.65. The fourth-order valence-corrected chi connectivity index (χ4v) is 4.26. The van der Waals surface area contributed by atoms with Crippen molar-refractivity contribution in [3.8, 4) is 16.9 Å². The van der Waals surface area contributed by atoms with E-state index in [-0.39, 0.29) is 5.91 Å². The lowest BCUT2D eigenvalue weighted by Gasteiger charge is -2.17. The van der Waals surface area contributed by atoms with Crippen LogP contribution < -0.4 is 4.74 Å². The smallest absolute Gasteiger partial charge is 0.253 e. The zero-order valence-corrected chi connectivity index (χ0v) is 17.2. The number of benzene rings is 2. The molecule has 3 aromatic rings. The summed E-state index contributed by atoms with van der Waals surface area (Å²) in [5, 5.41) is 0. The Hall–Kier alpha value is -3.14. The molecule has 29 heavy (non-hydrogen) atoms. The van der Waals surface area contributed by atoms with E-state index in [4.69, 9.17) is 4.74 Å². The SMILES string of the molecule is COc1c(C)cc(-c2ccc(C(=O)N3CCC(c4cccnc4)C3)cc2)cc1C. The van der Waals surface area contributed by atoms with Gasteiger partial charge in [0.15, 0.2) is 0 Å². The Morgan fingerprint density at radius 3 is 2.41 bits per heavy atom. The molecule has 4 nitrogen and oxygen atoms in total. The maximum Gasteiger partial charge on any atom is 0.253 e. The number of methoxy groups -OCH3 is 1. The van der Waals surface area contributed by atoms with Crippen LogP contribution in [0.5, 0.6) is 5.75 Å². The lowest BCUT2D eigenvalue weighted by Crippen LogP contribution is -2.28. The van der Waals surface area contributed by atoms with Crippen LogP contribution in [-0.4, -0.2) is 36.0 Å². The molecular weight excluding hydrogens is 360 g/mol. The van der Waals surface area contributed by atoms with Gasteiger partial charge in [-0.05, 0) is 78.4 Å². The van der Waals surface area contributed by atoms with Crippen molar-refractivity contribution in [3.63, 3.8) is 0 Å². The first-order chi connectivity index (χ1) is 14.1. The first-order valence-corrected chi connectivity index (χ1v) is 10.0. The molecule has 0 N–H and O–H groups in total. The Balaban J connectivity index is 1.49. The molecule has 1 fully saturated rings. The van der Waals surface area contributed by atoms with Gasteiger partial charge in [-0.25, -0.2) is 0 Å². The molecule has 0 saturated carbocycles. The van der Waals surface area contributed by atoms with Crippen LogP contribution in [0.15, 0.2) is 60.9 Å². The highest BCUT2D eigenvalue weighted by Gasteiger charge is 2.28. The lowest BCUT2D eigenvalue weighted by molar-refractivity contribution is 0.0791. The Morgan fingerprint density at radius 2 is 1.79 bits per heavy atom. The number of carbonyl (C=O) groups is 1. The first-order valence-electron chi connectivity index (χ1n) is 10.0. The number of hydrogen-bond acceptors (Lipinski definition) is 3. The van der Waals surface area contributed by atoms with Crippen molar-refractivity contribution in [1.29, 1.82) is 0 Å². The maximum atomic E-state index is 13.0. The molecule has 1 aliphatic rings. The molecule has 1 saturated heterocycles. The molecule has 0 spiro atoms. The van der Waals surface area contributed by atoms with Crippen LogP contribution >= 0.6 is 0 Å². The van der Waals surface area contributed by atoms with Gasteiger partial charge in [-0.2, -0.15) is 0 Å². The van der Waals surface area contributed by atoms with E-state index in [1.165, 1.54) is 5.56 Å². The highest BCUT2D eigenvalue weighted by Crippen LogP contribution is 2.31. The van der Waals surface area contributed by atoms with Crippen molar-refractivity contribution < 1.29 is 9.53 Å². The van der Waals surface area contributed by atoms with Crippen LogP contribution in [-0.2, 0) is 0 Å². The second-order valence-electron chi connectivity index (χ2n) is 7.74. The molecule has 0 bridgehead atoms. The average molecular weight is 386 g/mol. The average Bonchev–Trinajstić information content (AvgIpc) is 3.24. The normalized spacial score (nSPS) is 16.1. The molecule has 2 aromatic carbocycles. The standard InChI is InChI=1S/C25H26N2O2/c1-17-13-23(14-18(2)24(17)29-3)19-6-8-20(9-7-19)25(28)27-12-10-22(16-27)21-5-4-11-26-15-21/h4-9,11,13-15,22H,10,12,16H2,1-3H3. The Kier molecular flexibility index (Phi) is 5.34. The van der Waals surface area contributed by atoms with Crippen molar-refractivity contribution in [2.24, 2.45) is 0 Å². The van der Waals surface area contributed by atoms with Crippen LogP contribution in [0.2, 0.25) is 0 Å². The largest absolute Gasteiger partial charge is 0.496 e. The van der Waals surface area contributed by atoms with Gasteiger partial charge in [0.05, 0.1) is 7.11 Å². The van der Waals surface area contributed by atoms with Gasteiger partial charge >= 0.3 is 0 Å². The minimum absolute atomic E-state index is 0.102. The van der Waals surface area contributed by atoms with Crippen molar-refractivity contribution in [2.75, 3.05) is 20.2 Å². The summed E-state index contributed by atoms with van der Waals surface area (Å²) in [4.78, 5) is 19.1. The zero-order valence-electron chi connectivity index (χ0n) is 17.2. The quantitative estimate of drug-likeness (QED) is 0.633. The molecule has 4 rings (SSSR count). The van der Waals surface area contributed by atoms with E-state index in [2.05, 4.69) is 37.0 Å². The molecule has 2 heterocycles. The van der Waals surface area contributed by atoms with Crippen LogP contribution in [0.1, 0.15) is 39.4 Å². The monoisotopic (exact) mass is 386 g/mol. The third-order valence-corrected chi connectivity index (χ3v) is 5.76. The van der Waals surface area contributed by atoms with Gasteiger partial charge in [-0.1, -0.05) is 18.2 Å². The third-order valence-electron chi connectivity index (χ3n) is 5.76. The van der Waals surface area contributed by atoms with E-state index in [0.717, 1.165) is 53.1 Å². The van der Waals surface area contributed by atoms with Crippen molar-refractivity contribution in [1.82, 2.24) is 9.88 Å². The number of aryl methyl sites for hydroxylation is 2. The number of nitrogens with zero attached hydrogens (tertiary/aromatic N) is 2. The van der Waals surface area contributed by atoms with Crippen molar-refractivity contribution >= 4 is 5.91 Å². The van der Waals surface area contributed by atoms with Gasteiger partial charge in [0.1, 0.15) is 5.75 Å². The molecular formula is C25H26N2O2. The topological polar surface area (TPSA) is 42.4 Å². The molecule has 1 amide bonds. The zero-order chi connectivity index (χ0) is 20.4. The first kappa shape index (κ1) is 19.2. The maximum absolute atomic E-state index is 13.0. The van der Waals surface area contributed by atoms with Crippen LogP contribution in [0, 0.1) is 13.8 Å². The highest BCUT2D eigenvalue weighted by atomic mass is 16.5. The molecule has 1 unspecified atom stereocenters. The Bertz CT molecular complexity index is 990. The molecule has 1 aliphatic heterocycles. The predicted molar refractivity (Wildman–Crippen MR) is 115 cm³/mol. The molecule has 148 valence electrons. The fraction of sp³-hybridized carbons (Fsp3) is 0.280.